The Morgan fingerprint density at radius 3 is 2.73 bits per heavy atom. The molecule has 2 fully saturated rings. The summed E-state index contributed by atoms with van der Waals surface area (Å²) in [6, 6.07) is 2.20. The molecule has 0 saturated carbocycles. The van der Waals surface area contributed by atoms with Gasteiger partial charge < -0.3 is 9.64 Å². The van der Waals surface area contributed by atoms with E-state index in [1.807, 2.05) is 25.4 Å². The second-order valence-corrected chi connectivity index (χ2v) is 7.86. The molecule has 22 heavy (non-hydrogen) atoms. The zero-order valence-electron chi connectivity index (χ0n) is 13.8. The molecule has 0 aromatic carbocycles. The molecule has 4 nitrogen and oxygen atoms in total. The molecular weight excluding hydrogens is 296 g/mol. The number of rotatable bonds is 3. The van der Waals surface area contributed by atoms with E-state index in [0.717, 1.165) is 45.3 Å². The number of likely N-dealkylation sites (tertiary alicyclic amines) is 1. The van der Waals surface area contributed by atoms with E-state index in [-0.39, 0.29) is 17.6 Å². The molecule has 1 aromatic rings. The van der Waals surface area contributed by atoms with Crippen LogP contribution in [-0.4, -0.2) is 54.6 Å². The van der Waals surface area contributed by atoms with Crippen LogP contribution in [0.3, 0.4) is 0 Å². The van der Waals surface area contributed by atoms with E-state index in [1.165, 1.54) is 10.4 Å². The molecule has 1 spiro atoms. The lowest BCUT2D eigenvalue weighted by molar-refractivity contribution is -0.148. The van der Waals surface area contributed by atoms with E-state index in [2.05, 4.69) is 23.3 Å². The number of amides is 1. The molecule has 0 N–H and O–H groups in total. The van der Waals surface area contributed by atoms with E-state index in [0.29, 0.717) is 0 Å². The number of nitrogens with zero attached hydrogens (tertiary/aromatic N) is 2. The first-order chi connectivity index (χ1) is 10.5. The normalized spacial score (nSPS) is 24.8. The molecule has 2 aliphatic heterocycles. The molecule has 2 aliphatic rings. The zero-order chi connectivity index (χ0) is 15.7. The van der Waals surface area contributed by atoms with Gasteiger partial charge in [0.05, 0.1) is 5.60 Å². The molecule has 122 valence electrons. The predicted octanol–water partition coefficient (Wildman–Crippen LogP) is 2.66. The minimum Gasteiger partial charge on any atom is -0.362 e. The number of carbonyl (C=O) groups excluding carboxylic acids is 1. The van der Waals surface area contributed by atoms with Gasteiger partial charge in [-0.05, 0) is 49.6 Å². The van der Waals surface area contributed by atoms with Crippen LogP contribution in [0.1, 0.15) is 36.1 Å². The number of aryl methyl sites for hydroxylation is 1. The van der Waals surface area contributed by atoms with Gasteiger partial charge in [-0.15, -0.1) is 11.3 Å². The Morgan fingerprint density at radius 1 is 1.41 bits per heavy atom. The number of piperidine rings is 1. The zero-order valence-corrected chi connectivity index (χ0v) is 14.6. The Balaban J connectivity index is 1.54. The highest BCUT2D eigenvalue weighted by Gasteiger charge is 2.44. The van der Waals surface area contributed by atoms with Gasteiger partial charge in [-0.2, -0.15) is 0 Å². The van der Waals surface area contributed by atoms with Crippen molar-refractivity contribution >= 4 is 17.2 Å². The number of likely N-dealkylation sites (N-methyl/N-ethyl adjacent to an activating group) is 1. The molecule has 0 unspecified atom stereocenters. The van der Waals surface area contributed by atoms with Crippen LogP contribution < -0.4 is 0 Å². The highest BCUT2D eigenvalue weighted by Crippen LogP contribution is 2.39. The molecule has 2 saturated heterocycles. The first-order valence-corrected chi connectivity index (χ1v) is 9.01. The molecular formula is C17H26N2O2S. The number of carbonyl (C=O) groups is 1. The van der Waals surface area contributed by atoms with Crippen molar-refractivity contribution in [1.29, 1.82) is 0 Å². The van der Waals surface area contributed by atoms with Gasteiger partial charge in [0.15, 0.2) is 0 Å². The molecule has 0 aliphatic carbocycles. The number of hydrogen-bond donors (Lipinski definition) is 0. The van der Waals surface area contributed by atoms with Crippen LogP contribution in [0.5, 0.6) is 0 Å². The average Bonchev–Trinajstić information content (AvgIpc) is 3.09. The smallest absolute Gasteiger partial charge is 0.251 e. The van der Waals surface area contributed by atoms with Crippen LogP contribution in [0.25, 0.3) is 0 Å². The molecule has 0 radical (unpaired) electrons. The lowest BCUT2D eigenvalue weighted by Gasteiger charge is -2.39. The van der Waals surface area contributed by atoms with Crippen LogP contribution in [-0.2, 0) is 16.1 Å². The van der Waals surface area contributed by atoms with Gasteiger partial charge in [0.1, 0.15) is 6.10 Å². The molecule has 1 aromatic heterocycles. The number of ether oxygens (including phenoxy) is 1. The molecule has 1 amide bonds. The van der Waals surface area contributed by atoms with Crippen molar-refractivity contribution in [3.63, 3.8) is 0 Å². The monoisotopic (exact) mass is 322 g/mol. The van der Waals surface area contributed by atoms with E-state index >= 15 is 0 Å². The summed E-state index contributed by atoms with van der Waals surface area (Å²) in [5.41, 5.74) is 1.36. The summed E-state index contributed by atoms with van der Waals surface area (Å²) >= 11 is 1.85. The maximum Gasteiger partial charge on any atom is 0.251 e. The van der Waals surface area contributed by atoms with E-state index < -0.39 is 0 Å². The Bertz CT molecular complexity index is 533. The minimum absolute atomic E-state index is 0.0443. The quantitative estimate of drug-likeness (QED) is 0.858. The summed E-state index contributed by atoms with van der Waals surface area (Å²) in [6.07, 6.45) is 3.79. The third-order valence-electron chi connectivity index (χ3n) is 5.07. The Kier molecular flexibility index (Phi) is 4.57. The van der Waals surface area contributed by atoms with Crippen molar-refractivity contribution in [2.45, 2.75) is 50.9 Å². The second kappa shape index (κ2) is 6.30. The minimum atomic E-state index is -0.221. The van der Waals surface area contributed by atoms with Gasteiger partial charge >= 0.3 is 0 Å². The molecule has 1 atom stereocenters. The van der Waals surface area contributed by atoms with E-state index in [4.69, 9.17) is 4.74 Å². The van der Waals surface area contributed by atoms with Crippen LogP contribution in [0.2, 0.25) is 0 Å². The van der Waals surface area contributed by atoms with Gasteiger partial charge in [-0.3, -0.25) is 9.69 Å². The summed E-state index contributed by atoms with van der Waals surface area (Å²) in [5, 5.41) is 2.17. The van der Waals surface area contributed by atoms with Crippen molar-refractivity contribution in [2.75, 3.05) is 27.2 Å². The summed E-state index contributed by atoms with van der Waals surface area (Å²) in [6.45, 7) is 5.38. The fourth-order valence-corrected chi connectivity index (χ4v) is 4.48. The first kappa shape index (κ1) is 16.0. The topological polar surface area (TPSA) is 32.8 Å². The number of hydrogen-bond acceptors (Lipinski definition) is 4. The Hall–Kier alpha value is -0.910. The van der Waals surface area contributed by atoms with Crippen LogP contribution in [0, 0.1) is 6.92 Å². The highest BCUT2D eigenvalue weighted by molar-refractivity contribution is 7.10. The lowest BCUT2D eigenvalue weighted by Crippen LogP contribution is -2.45. The lowest BCUT2D eigenvalue weighted by atomic mass is 9.88. The fourth-order valence-electron chi connectivity index (χ4n) is 3.53. The van der Waals surface area contributed by atoms with Crippen LogP contribution >= 0.6 is 11.3 Å². The van der Waals surface area contributed by atoms with Crippen molar-refractivity contribution in [3.8, 4) is 0 Å². The number of thiophene rings is 1. The van der Waals surface area contributed by atoms with Crippen LogP contribution in [0.15, 0.2) is 11.4 Å². The predicted molar refractivity (Wildman–Crippen MR) is 89.1 cm³/mol. The molecule has 0 bridgehead atoms. The second-order valence-electron chi connectivity index (χ2n) is 6.86. The molecule has 3 heterocycles. The van der Waals surface area contributed by atoms with Crippen molar-refractivity contribution in [1.82, 2.24) is 9.80 Å². The Labute approximate surface area is 137 Å². The van der Waals surface area contributed by atoms with Gasteiger partial charge in [-0.1, -0.05) is 0 Å². The summed E-state index contributed by atoms with van der Waals surface area (Å²) in [4.78, 5) is 17.7. The maximum absolute atomic E-state index is 12.1. The van der Waals surface area contributed by atoms with E-state index in [9.17, 15) is 4.79 Å². The van der Waals surface area contributed by atoms with Gasteiger partial charge in [0, 0.05) is 38.6 Å². The molecule has 3 rings (SSSR count). The maximum atomic E-state index is 12.1. The third-order valence-corrected chi connectivity index (χ3v) is 6.08. The van der Waals surface area contributed by atoms with Crippen LogP contribution in [0.4, 0.5) is 0 Å². The average molecular weight is 322 g/mol. The van der Waals surface area contributed by atoms with Crippen molar-refractivity contribution < 1.29 is 9.53 Å². The first-order valence-electron chi connectivity index (χ1n) is 8.13. The van der Waals surface area contributed by atoms with Crippen molar-refractivity contribution in [3.05, 3.63) is 21.9 Å². The SMILES string of the molecule is Cc1ccsc1CN1CCC2(CC[C@H](C(=O)N(C)C)O2)CC1. The fraction of sp³-hybridized carbons (Fsp3) is 0.706. The van der Waals surface area contributed by atoms with Crippen molar-refractivity contribution in [2.24, 2.45) is 0 Å². The Morgan fingerprint density at radius 2 is 2.14 bits per heavy atom. The van der Waals surface area contributed by atoms with Gasteiger partial charge in [0.25, 0.3) is 5.91 Å². The third kappa shape index (κ3) is 3.21. The summed E-state index contributed by atoms with van der Waals surface area (Å²) in [5.74, 6) is 0.119. The van der Waals surface area contributed by atoms with E-state index in [1.54, 1.807) is 4.90 Å². The van der Waals surface area contributed by atoms with Gasteiger partial charge in [-0.25, -0.2) is 0 Å². The summed E-state index contributed by atoms with van der Waals surface area (Å²) < 4.78 is 6.20. The summed E-state index contributed by atoms with van der Waals surface area (Å²) in [7, 11) is 3.62. The highest BCUT2D eigenvalue weighted by atomic mass is 32.1. The molecule has 5 heteroatoms. The largest absolute Gasteiger partial charge is 0.362 e. The van der Waals surface area contributed by atoms with Gasteiger partial charge in [0.2, 0.25) is 0 Å². The standard InChI is InChI=1S/C17H26N2O2S/c1-13-5-11-22-15(13)12-19-9-7-17(8-10-19)6-4-14(21-17)16(20)18(2)3/h5,11,14H,4,6-10,12H2,1-3H3/t14-/m1/s1.